The van der Waals surface area contributed by atoms with Crippen molar-refractivity contribution >= 4 is 25.0 Å². The van der Waals surface area contributed by atoms with Crippen LogP contribution < -0.4 is 0 Å². The molecule has 8 heavy (non-hydrogen) atoms. The molecule has 41 valence electrons. The first-order valence-corrected chi connectivity index (χ1v) is 4.84. The van der Waals surface area contributed by atoms with Gasteiger partial charge >= 0.3 is 0 Å². The van der Waals surface area contributed by atoms with Gasteiger partial charge in [-0.2, -0.15) is 0 Å². The minimum atomic E-state index is 1.19. The Labute approximate surface area is 60.5 Å². The number of rotatable bonds is 1. The molecule has 1 radical (unpaired) electrons. The van der Waals surface area contributed by atoms with Crippen LogP contribution in [0.3, 0.4) is 0 Å². The summed E-state index contributed by atoms with van der Waals surface area (Å²) in [5.74, 6) is 0. The van der Waals surface area contributed by atoms with Gasteiger partial charge in [0.15, 0.2) is 0 Å². The van der Waals surface area contributed by atoms with Crippen LogP contribution in [0.4, 0.5) is 0 Å². The predicted molar refractivity (Wildman–Crippen MR) is 40.1 cm³/mol. The van der Waals surface area contributed by atoms with Crippen LogP contribution in [0, 0.1) is 6.07 Å². The van der Waals surface area contributed by atoms with E-state index < -0.39 is 0 Å². The number of halogens is 1. The second-order valence-corrected chi connectivity index (χ2v) is 2.91. The summed E-state index contributed by atoms with van der Waals surface area (Å²) in [5, 5.41) is 0. The first kappa shape index (κ1) is 6.17. The lowest BCUT2D eigenvalue weighted by Crippen LogP contribution is -1.60. The molecular weight excluding hydrogens is 184 g/mol. The van der Waals surface area contributed by atoms with Crippen molar-refractivity contribution in [3.8, 4) is 0 Å². The van der Waals surface area contributed by atoms with Crippen LogP contribution in [0.2, 0.25) is 0 Å². The van der Waals surface area contributed by atoms with Crippen molar-refractivity contribution in [2.24, 2.45) is 0 Å². The van der Waals surface area contributed by atoms with Gasteiger partial charge in [0.25, 0.3) is 0 Å². The standard InChI is InChI=1S/C6H4BrS/c7-8-6-4-2-1-3-5-6/h1-2,4-5H. The third-order valence-electron chi connectivity index (χ3n) is 0.768. The summed E-state index contributed by atoms with van der Waals surface area (Å²) in [6.07, 6.45) is 0. The van der Waals surface area contributed by atoms with E-state index >= 15 is 0 Å². The first-order valence-electron chi connectivity index (χ1n) is 2.18. The smallest absolute Gasteiger partial charge is 0.0194 e. The van der Waals surface area contributed by atoms with Gasteiger partial charge in [0.1, 0.15) is 0 Å². The molecule has 0 atom stereocenters. The van der Waals surface area contributed by atoms with E-state index in [2.05, 4.69) is 20.9 Å². The summed E-state index contributed by atoms with van der Waals surface area (Å²) in [5.41, 5.74) is 0. The molecule has 0 spiro atoms. The van der Waals surface area contributed by atoms with Gasteiger partial charge in [-0.1, -0.05) is 12.1 Å². The Kier molecular flexibility index (Phi) is 2.43. The summed E-state index contributed by atoms with van der Waals surface area (Å²) in [7, 11) is 1.55. The molecule has 1 aromatic carbocycles. The van der Waals surface area contributed by atoms with Crippen LogP contribution in [0.1, 0.15) is 0 Å². The molecule has 0 N–H and O–H groups in total. The average molecular weight is 188 g/mol. The molecule has 0 aromatic heterocycles. The molecule has 2 heteroatoms. The molecule has 1 rings (SSSR count). The lowest BCUT2D eigenvalue weighted by atomic mass is 10.4. The zero-order valence-electron chi connectivity index (χ0n) is 4.10. The van der Waals surface area contributed by atoms with E-state index in [1.165, 1.54) is 4.90 Å². The van der Waals surface area contributed by atoms with Gasteiger partial charge in [0, 0.05) is 4.90 Å². The molecule has 0 saturated heterocycles. The molecule has 0 bridgehead atoms. The second kappa shape index (κ2) is 3.15. The molecule has 0 saturated carbocycles. The predicted octanol–water partition coefficient (Wildman–Crippen LogP) is 2.89. The summed E-state index contributed by atoms with van der Waals surface area (Å²) >= 11 is 3.25. The molecule has 0 fully saturated rings. The van der Waals surface area contributed by atoms with Crippen molar-refractivity contribution in [3.05, 3.63) is 30.3 Å². The fourth-order valence-electron chi connectivity index (χ4n) is 0.425. The summed E-state index contributed by atoms with van der Waals surface area (Å²) < 4.78 is 0. The number of hydrogen-bond acceptors (Lipinski definition) is 1. The van der Waals surface area contributed by atoms with Crippen molar-refractivity contribution in [1.82, 2.24) is 0 Å². The Morgan fingerprint density at radius 3 is 2.88 bits per heavy atom. The molecule has 0 aliphatic heterocycles. The zero-order chi connectivity index (χ0) is 5.82. The molecule has 0 nitrogen and oxygen atoms in total. The lowest BCUT2D eigenvalue weighted by molar-refractivity contribution is 1.47. The monoisotopic (exact) mass is 187 g/mol. The maximum absolute atomic E-state index is 3.25. The Morgan fingerprint density at radius 1 is 1.62 bits per heavy atom. The quantitative estimate of drug-likeness (QED) is 0.652. The van der Waals surface area contributed by atoms with Crippen LogP contribution in [-0.2, 0) is 0 Å². The number of benzene rings is 1. The van der Waals surface area contributed by atoms with Gasteiger partial charge in [0.2, 0.25) is 0 Å². The highest BCUT2D eigenvalue weighted by Crippen LogP contribution is 2.22. The molecule has 0 amide bonds. The van der Waals surface area contributed by atoms with E-state index in [9.17, 15) is 0 Å². The largest absolute Gasteiger partial charge is 0.0605 e. The van der Waals surface area contributed by atoms with Crippen LogP contribution in [0.25, 0.3) is 0 Å². The third kappa shape index (κ3) is 1.53. The highest BCUT2D eigenvalue weighted by molar-refractivity contribution is 9.50. The Balaban J connectivity index is 2.83. The summed E-state index contributed by atoms with van der Waals surface area (Å²) in [4.78, 5) is 1.19. The fraction of sp³-hybridized carbons (Fsp3) is 0. The SMILES string of the molecule is BrSc1c[c]ccc1. The molecule has 0 heterocycles. The molecule has 1 aromatic rings. The highest BCUT2D eigenvalue weighted by atomic mass is 79.9. The van der Waals surface area contributed by atoms with Gasteiger partial charge < -0.3 is 0 Å². The minimum Gasteiger partial charge on any atom is -0.0605 e. The molecule has 0 aliphatic carbocycles. The Bertz CT molecular complexity index is 150. The first-order chi connectivity index (χ1) is 3.93. The Hall–Kier alpha value is 0.0500. The maximum atomic E-state index is 3.25. The average Bonchev–Trinajstić information content (AvgIpc) is 1.90. The van der Waals surface area contributed by atoms with E-state index in [1.807, 2.05) is 24.3 Å². The van der Waals surface area contributed by atoms with E-state index in [-0.39, 0.29) is 0 Å². The number of hydrogen-bond donors (Lipinski definition) is 0. The molecule has 0 aliphatic rings. The molecular formula is C6H4BrS. The van der Waals surface area contributed by atoms with Crippen molar-refractivity contribution < 1.29 is 0 Å². The second-order valence-electron chi connectivity index (χ2n) is 1.32. The van der Waals surface area contributed by atoms with Crippen LogP contribution in [0.5, 0.6) is 0 Å². The van der Waals surface area contributed by atoms with Crippen molar-refractivity contribution in [3.63, 3.8) is 0 Å². The zero-order valence-corrected chi connectivity index (χ0v) is 6.50. The minimum absolute atomic E-state index is 1.19. The van der Waals surface area contributed by atoms with Crippen molar-refractivity contribution in [2.75, 3.05) is 0 Å². The highest BCUT2D eigenvalue weighted by Gasteiger charge is 1.82. The van der Waals surface area contributed by atoms with Crippen LogP contribution >= 0.6 is 25.0 Å². The van der Waals surface area contributed by atoms with Crippen LogP contribution in [-0.4, -0.2) is 0 Å². The van der Waals surface area contributed by atoms with E-state index in [1.54, 1.807) is 10.2 Å². The normalized spacial score (nSPS) is 9.12. The lowest BCUT2D eigenvalue weighted by Gasteiger charge is -1.86. The third-order valence-corrected chi connectivity index (χ3v) is 2.32. The van der Waals surface area contributed by atoms with Crippen LogP contribution in [0.15, 0.2) is 29.2 Å². The van der Waals surface area contributed by atoms with E-state index in [4.69, 9.17) is 0 Å². The van der Waals surface area contributed by atoms with Gasteiger partial charge in [0.05, 0.1) is 0 Å². The molecule has 0 unspecified atom stereocenters. The Morgan fingerprint density at radius 2 is 2.50 bits per heavy atom. The van der Waals surface area contributed by atoms with Gasteiger partial charge in [-0.25, -0.2) is 0 Å². The van der Waals surface area contributed by atoms with Crippen molar-refractivity contribution in [1.29, 1.82) is 0 Å². The summed E-state index contributed by atoms with van der Waals surface area (Å²) in [6.45, 7) is 0. The van der Waals surface area contributed by atoms with Gasteiger partial charge in [-0.3, -0.25) is 0 Å². The van der Waals surface area contributed by atoms with Gasteiger partial charge in [-0.15, -0.1) is 0 Å². The van der Waals surface area contributed by atoms with E-state index in [0.717, 1.165) is 0 Å². The maximum Gasteiger partial charge on any atom is 0.0194 e. The fourth-order valence-corrected chi connectivity index (χ4v) is 1.27. The van der Waals surface area contributed by atoms with Crippen molar-refractivity contribution in [2.45, 2.75) is 4.90 Å². The van der Waals surface area contributed by atoms with E-state index in [0.29, 0.717) is 0 Å². The topological polar surface area (TPSA) is 0 Å². The van der Waals surface area contributed by atoms with Gasteiger partial charge in [-0.05, 0) is 43.2 Å². The summed E-state index contributed by atoms with van der Waals surface area (Å²) in [6, 6.07) is 10.8.